The van der Waals surface area contributed by atoms with Crippen molar-refractivity contribution in [3.05, 3.63) is 58.1 Å². The molecule has 1 saturated carbocycles. The van der Waals surface area contributed by atoms with Crippen molar-refractivity contribution in [1.29, 1.82) is 0 Å². The summed E-state index contributed by atoms with van der Waals surface area (Å²) in [5.74, 6) is -0.944. The van der Waals surface area contributed by atoms with E-state index in [2.05, 4.69) is 5.32 Å². The van der Waals surface area contributed by atoms with Crippen molar-refractivity contribution in [1.82, 2.24) is 10.2 Å². The molecule has 0 aromatic heterocycles. The zero-order valence-electron chi connectivity index (χ0n) is 25.2. The van der Waals surface area contributed by atoms with E-state index in [1.54, 1.807) is 19.9 Å². The second-order valence-corrected chi connectivity index (χ2v) is 11.3. The molecule has 2 aromatic rings. The number of hydrogen-bond acceptors (Lipinski definition) is 7. The number of benzene rings is 2. The number of aliphatic carboxylic acids is 1. The van der Waals surface area contributed by atoms with Crippen LogP contribution in [0, 0.1) is 0 Å². The normalized spacial score (nSPS) is 19.1. The maximum atomic E-state index is 13.9. The van der Waals surface area contributed by atoms with Crippen molar-refractivity contribution >= 4 is 52.0 Å². The van der Waals surface area contributed by atoms with Crippen molar-refractivity contribution in [3.8, 4) is 11.5 Å². The summed E-state index contributed by atoms with van der Waals surface area (Å²) in [4.78, 5) is 40.3. The van der Waals surface area contributed by atoms with E-state index in [1.807, 2.05) is 66.8 Å². The summed E-state index contributed by atoms with van der Waals surface area (Å²) in [5, 5.41) is 13.0. The lowest BCUT2D eigenvalue weighted by atomic mass is 9.74. The molecule has 2 N–H and O–H groups in total. The van der Waals surface area contributed by atoms with Gasteiger partial charge in [0.05, 0.1) is 36.5 Å². The van der Waals surface area contributed by atoms with Crippen LogP contribution in [0.1, 0.15) is 81.1 Å². The lowest BCUT2D eigenvalue weighted by molar-refractivity contribution is -0.156. The van der Waals surface area contributed by atoms with Crippen LogP contribution in [-0.2, 0) is 14.3 Å². The van der Waals surface area contributed by atoms with Crippen LogP contribution in [0.15, 0.2) is 36.4 Å². The molecule has 2 atom stereocenters. The Labute approximate surface area is 271 Å². The highest BCUT2D eigenvalue weighted by atomic mass is 127. The molecule has 236 valence electrons. The lowest BCUT2D eigenvalue weighted by Gasteiger charge is -2.45. The van der Waals surface area contributed by atoms with Gasteiger partial charge in [0.25, 0.3) is 0 Å². The number of alkyl halides is 1. The first-order valence-electron chi connectivity index (χ1n) is 14.3. The second-order valence-electron chi connectivity index (χ2n) is 10.3. The first kappa shape index (κ1) is 34.9. The number of ketones is 1. The molecule has 0 saturated heterocycles. The van der Waals surface area contributed by atoms with E-state index in [0.29, 0.717) is 12.2 Å². The van der Waals surface area contributed by atoms with E-state index in [4.69, 9.17) is 30.5 Å². The highest BCUT2D eigenvalue weighted by molar-refractivity contribution is 14.1. The van der Waals surface area contributed by atoms with Crippen LogP contribution in [0.2, 0.25) is 5.02 Å². The van der Waals surface area contributed by atoms with Crippen LogP contribution in [-0.4, -0.2) is 70.4 Å². The second kappa shape index (κ2) is 15.9. The number of rotatable bonds is 16. The third-order valence-electron chi connectivity index (χ3n) is 7.52. The predicted molar refractivity (Wildman–Crippen MR) is 172 cm³/mol. The number of hydrogen-bond donors (Lipinski definition) is 2. The highest BCUT2D eigenvalue weighted by Crippen LogP contribution is 2.43. The van der Waals surface area contributed by atoms with Crippen molar-refractivity contribution in [2.45, 2.75) is 71.2 Å². The van der Waals surface area contributed by atoms with E-state index >= 15 is 0 Å². The highest BCUT2D eigenvalue weighted by Gasteiger charge is 2.53. The topological polar surface area (TPSA) is 124 Å². The zero-order chi connectivity index (χ0) is 31.7. The average molecular weight is 731 g/mol. The molecular formula is C31H40ClIN2O8. The van der Waals surface area contributed by atoms with Gasteiger partial charge in [0.1, 0.15) is 21.5 Å². The summed E-state index contributed by atoms with van der Waals surface area (Å²) < 4.78 is 23.5. The van der Waals surface area contributed by atoms with Crippen molar-refractivity contribution in [3.63, 3.8) is 0 Å². The van der Waals surface area contributed by atoms with Crippen LogP contribution in [0.3, 0.4) is 0 Å². The molecule has 0 heterocycles. The number of carboxylic acid groups (broad SMARTS) is 1. The molecule has 0 spiro atoms. The number of urea groups is 1. The number of Topliss-reactive ketones (excluding diaryl/α,β-unsaturated/α-hetero) is 1. The summed E-state index contributed by atoms with van der Waals surface area (Å²) in [7, 11) is 0. The van der Waals surface area contributed by atoms with Gasteiger partial charge in [-0.05, 0) is 68.8 Å². The van der Waals surface area contributed by atoms with Gasteiger partial charge in [0.2, 0.25) is 0 Å². The molecule has 43 heavy (non-hydrogen) atoms. The van der Waals surface area contributed by atoms with Crippen LogP contribution in [0.25, 0.3) is 0 Å². The fraction of sp³-hybridized carbons (Fsp3) is 0.516. The molecule has 3 rings (SSSR count). The number of halogens is 2. The predicted octanol–water partition coefficient (Wildman–Crippen LogP) is 6.59. The fourth-order valence-electron chi connectivity index (χ4n) is 5.18. The Morgan fingerprint density at radius 2 is 1.81 bits per heavy atom. The summed E-state index contributed by atoms with van der Waals surface area (Å²) in [6, 6.07) is 10.0. The third-order valence-corrected chi connectivity index (χ3v) is 8.22. The average Bonchev–Trinajstić information content (AvgIpc) is 2.95. The van der Waals surface area contributed by atoms with Crippen LogP contribution in [0.4, 0.5) is 4.79 Å². The smallest absolute Gasteiger partial charge is 0.329 e. The zero-order valence-corrected chi connectivity index (χ0v) is 28.1. The van der Waals surface area contributed by atoms with Crippen molar-refractivity contribution in [2.75, 3.05) is 31.0 Å². The maximum Gasteiger partial charge on any atom is 0.329 e. The Hall–Kier alpha value is -2.61. The van der Waals surface area contributed by atoms with E-state index in [9.17, 15) is 19.5 Å². The van der Waals surface area contributed by atoms with Gasteiger partial charge in [-0.3, -0.25) is 4.79 Å². The quantitative estimate of drug-likeness (QED) is 0.113. The maximum absolute atomic E-state index is 13.9. The SMILES string of the molecule is CCOc1c(Cl)c([C@@H](C)N(CCO[C@@H](C)c2ccccc2)C(=O)N[C@]2(C(=O)O)C[C@@H](OCC)C2)cc(OCI)c1C(C)=O. The molecule has 0 bridgehead atoms. The molecule has 2 aromatic carbocycles. The van der Waals surface area contributed by atoms with E-state index < -0.39 is 23.6 Å². The minimum absolute atomic E-state index is 0.117. The van der Waals surface area contributed by atoms with Crippen LogP contribution in [0.5, 0.6) is 11.5 Å². The standard InChI is InChI=1S/C31H40ClIN2O8/c1-6-40-23-16-31(17-23,29(37)38)34-30(39)35(13-14-42-21(5)22-11-9-8-10-12-22)19(3)24-15-25(43-18-33)26(20(4)36)28(27(24)32)41-7-2/h8-12,15,19,21,23H,6-7,13-14,16-18H2,1-5H3,(H,34,39)(H,37,38)/t19-,21+,23-,31-/m1/s1. The number of carbonyl (C=O) groups excluding carboxylic acids is 2. The summed E-state index contributed by atoms with van der Waals surface area (Å²) in [5.41, 5.74) is 0.224. The molecule has 1 aliphatic rings. The summed E-state index contributed by atoms with van der Waals surface area (Å²) in [6.45, 7) is 9.69. The Balaban J connectivity index is 1.97. The lowest BCUT2D eigenvalue weighted by Crippen LogP contribution is -2.66. The van der Waals surface area contributed by atoms with Gasteiger partial charge in [-0.1, -0.05) is 41.9 Å². The first-order valence-corrected chi connectivity index (χ1v) is 16.2. The van der Waals surface area contributed by atoms with Gasteiger partial charge in [-0.25, -0.2) is 9.59 Å². The van der Waals surface area contributed by atoms with Gasteiger partial charge < -0.3 is 34.3 Å². The summed E-state index contributed by atoms with van der Waals surface area (Å²) in [6.07, 6.45) is -0.182. The van der Waals surface area contributed by atoms with Crippen molar-refractivity contribution in [2.24, 2.45) is 0 Å². The van der Waals surface area contributed by atoms with Gasteiger partial charge in [-0.2, -0.15) is 0 Å². The molecule has 1 fully saturated rings. The molecule has 10 nitrogen and oxygen atoms in total. The van der Waals surface area contributed by atoms with Gasteiger partial charge in [-0.15, -0.1) is 0 Å². The van der Waals surface area contributed by atoms with E-state index in [0.717, 1.165) is 5.56 Å². The van der Waals surface area contributed by atoms with E-state index in [1.165, 1.54) is 11.8 Å². The Bertz CT molecular complexity index is 1270. The number of ether oxygens (including phenoxy) is 4. The Morgan fingerprint density at radius 1 is 1.14 bits per heavy atom. The largest absolute Gasteiger partial charge is 0.491 e. The number of nitrogens with one attached hydrogen (secondary N) is 1. The minimum Gasteiger partial charge on any atom is -0.491 e. The Kier molecular flexibility index (Phi) is 12.9. The molecule has 0 unspecified atom stereocenters. The first-order chi connectivity index (χ1) is 20.5. The summed E-state index contributed by atoms with van der Waals surface area (Å²) >= 11 is 8.89. The van der Waals surface area contributed by atoms with Gasteiger partial charge in [0.15, 0.2) is 11.5 Å². The molecule has 12 heteroatoms. The number of nitrogens with zero attached hydrogens (tertiary/aromatic N) is 1. The number of carboxylic acids is 1. The number of carbonyl (C=O) groups is 3. The molecule has 2 amide bonds. The minimum atomic E-state index is -1.46. The monoisotopic (exact) mass is 730 g/mol. The molecular weight excluding hydrogens is 691 g/mol. The van der Waals surface area contributed by atoms with Gasteiger partial charge in [0, 0.05) is 31.6 Å². The van der Waals surface area contributed by atoms with Crippen molar-refractivity contribution < 1.29 is 38.4 Å². The Morgan fingerprint density at radius 3 is 2.37 bits per heavy atom. The number of amides is 2. The molecule has 0 aliphatic heterocycles. The van der Waals surface area contributed by atoms with Crippen LogP contribution >= 0.6 is 34.2 Å². The fourth-order valence-corrected chi connectivity index (χ4v) is 5.88. The van der Waals surface area contributed by atoms with Crippen LogP contribution < -0.4 is 14.8 Å². The molecule has 1 aliphatic carbocycles. The van der Waals surface area contributed by atoms with E-state index in [-0.39, 0.29) is 77.3 Å². The van der Waals surface area contributed by atoms with Gasteiger partial charge >= 0.3 is 12.0 Å². The molecule has 0 radical (unpaired) electrons. The third kappa shape index (κ3) is 8.31.